The van der Waals surface area contributed by atoms with Crippen molar-refractivity contribution in [2.24, 2.45) is 0 Å². The van der Waals surface area contributed by atoms with Crippen molar-refractivity contribution in [3.8, 4) is 55.9 Å². The van der Waals surface area contributed by atoms with Gasteiger partial charge < -0.3 is 27.7 Å². The van der Waals surface area contributed by atoms with Gasteiger partial charge >= 0.3 is 0 Å². The van der Waals surface area contributed by atoms with Crippen LogP contribution in [0.5, 0.6) is 0 Å². The summed E-state index contributed by atoms with van der Waals surface area (Å²) >= 11 is 0. The Balaban J connectivity index is 0.925. The van der Waals surface area contributed by atoms with Crippen LogP contribution in [0.4, 0.5) is 34.1 Å². The van der Waals surface area contributed by atoms with E-state index in [1.54, 1.807) is 9.13 Å². The van der Waals surface area contributed by atoms with Gasteiger partial charge in [-0.1, -0.05) is 327 Å². The summed E-state index contributed by atoms with van der Waals surface area (Å²) in [6, 6.07) is 84.7. The van der Waals surface area contributed by atoms with Crippen LogP contribution < -0.4 is 26.2 Å². The van der Waals surface area contributed by atoms with Crippen LogP contribution in [-0.2, 0) is 37.9 Å². The third-order valence-electron chi connectivity index (χ3n) is 29.7. The number of rotatable bonds is 8. The maximum absolute atomic E-state index is 10.7. The lowest BCUT2D eigenvalue weighted by Crippen LogP contribution is -2.61. The molecule has 0 fully saturated rings. The molecule has 137 heavy (non-hydrogen) atoms. The Morgan fingerprint density at radius 3 is 0.883 bits per heavy atom. The maximum Gasteiger partial charge on any atom is 0.252 e. The number of fused-ring (bicyclic) bond motifs is 22. The maximum atomic E-state index is 10.7. The summed E-state index contributed by atoms with van der Waals surface area (Å²) in [5.74, 6) is 0. The van der Waals surface area contributed by atoms with Gasteiger partial charge in [0.25, 0.3) is 6.71 Å². The van der Waals surface area contributed by atoms with Crippen LogP contribution >= 0.6 is 0 Å². The first kappa shape index (κ1) is 70.3. The van der Waals surface area contributed by atoms with Gasteiger partial charge in [0.2, 0.25) is 0 Å². The van der Waals surface area contributed by atoms with Crippen LogP contribution in [0.15, 0.2) is 327 Å². The quantitative estimate of drug-likeness (QED) is 0.142. The molecule has 0 aliphatic carbocycles. The van der Waals surface area contributed by atoms with Crippen molar-refractivity contribution in [1.82, 2.24) is 17.9 Å². The predicted octanol–water partition coefficient (Wildman–Crippen LogP) is 34.0. The molecule has 0 bridgehead atoms. The second kappa shape index (κ2) is 29.1. The fourth-order valence-electron chi connectivity index (χ4n) is 22.5. The van der Waals surface area contributed by atoms with Gasteiger partial charge in [0.15, 0.2) is 0 Å². The van der Waals surface area contributed by atoms with Gasteiger partial charge in [-0.25, -0.2) is 0 Å². The molecule has 6 nitrogen and oxygen atoms in total. The molecule has 670 valence electrons. The van der Waals surface area contributed by atoms with E-state index in [1.165, 1.54) is 0 Å². The molecule has 0 radical (unpaired) electrons. The van der Waals surface area contributed by atoms with Crippen LogP contribution in [0.2, 0.25) is 0 Å². The Morgan fingerprint density at radius 1 is 0.226 bits per heavy atom. The number of nitrogens with zero attached hydrogens (tertiary/aromatic N) is 6. The number of hydrogen-bond acceptors (Lipinski definition) is 2. The van der Waals surface area contributed by atoms with Gasteiger partial charge in [-0.3, -0.25) is 0 Å². The first-order valence-electron chi connectivity index (χ1n) is 55.3. The van der Waals surface area contributed by atoms with Gasteiger partial charge in [0.05, 0.1) is 85.7 Å². The van der Waals surface area contributed by atoms with E-state index in [-0.39, 0.29) is 126 Å². The molecule has 7 heteroatoms. The molecule has 0 saturated carbocycles. The molecule has 17 aromatic carbocycles. The van der Waals surface area contributed by atoms with E-state index in [1.807, 2.05) is 53.7 Å². The van der Waals surface area contributed by atoms with Crippen molar-refractivity contribution in [2.45, 2.75) is 183 Å². The van der Waals surface area contributed by atoms with Gasteiger partial charge in [-0.05, 0) is 261 Å². The number of hydrogen-bond donors (Lipinski definition) is 0. The first-order chi connectivity index (χ1) is 71.2. The summed E-state index contributed by atoms with van der Waals surface area (Å²) in [7, 11) is 0. The molecule has 0 spiro atoms. The Bertz CT molecular complexity index is 9570. The van der Waals surface area contributed by atoms with Crippen LogP contribution in [0.3, 0.4) is 0 Å². The SMILES string of the molecule is [2H]c1c([2H])c([2H])c2c(c1[2H])c1c([2H])c(C(C)(C)C)c([2H])c([2H])c1n2-c1ccc2c(c1)N(c1c(-c3cccc(C(C)(C)C)c3)cc(C(C)(C)C)cc1-c1cccc(C(C)(C)C)c1)c1cc(C(C)(C)C)cc3c1B2c1ccc(-n2c4c([2H])c([2H])c([2H])c([2H])c4c4c([2H])c(C(C)(C)C)c([2H])c([2H])c42)cc1N3c1c(-c2cc3c4ccccc4n4c5ccccc5c(c2)c34)cc(C(C)(C)C)cc1-c1cc2c3ccccc3n3c4ccccc4c(c1)c23. The lowest BCUT2D eigenvalue weighted by Gasteiger charge is -2.47. The Kier molecular flexibility index (Phi) is 14.9. The molecule has 23 aromatic rings. The zero-order valence-electron chi connectivity index (χ0n) is 95.9. The average molecular weight is 1790 g/mol. The van der Waals surface area contributed by atoms with E-state index < -0.39 is 58.0 Å². The van der Waals surface area contributed by atoms with E-state index >= 15 is 0 Å². The Labute approximate surface area is 824 Å². The van der Waals surface area contributed by atoms with Crippen molar-refractivity contribution < 1.29 is 19.2 Å². The smallest absolute Gasteiger partial charge is 0.252 e. The van der Waals surface area contributed by atoms with Gasteiger partial charge in [0, 0.05) is 121 Å². The summed E-state index contributed by atoms with van der Waals surface area (Å²) in [6.45, 7) is 44.6. The van der Waals surface area contributed by atoms with Crippen LogP contribution in [-0.4, -0.2) is 24.6 Å². The summed E-state index contributed by atoms with van der Waals surface area (Å²) < 4.78 is 151. The van der Waals surface area contributed by atoms with Crippen molar-refractivity contribution in [3.05, 3.63) is 366 Å². The molecule has 2 aliphatic rings. The van der Waals surface area contributed by atoms with Crippen molar-refractivity contribution in [2.75, 3.05) is 9.80 Å². The molecule has 0 N–H and O–H groups in total. The molecular formula is C130H117BN6. The van der Waals surface area contributed by atoms with Crippen molar-refractivity contribution in [3.63, 3.8) is 0 Å². The minimum atomic E-state index is -0.887. The van der Waals surface area contributed by atoms with E-state index in [4.69, 9.17) is 0 Å². The molecular weight excluding hydrogens is 1660 g/mol. The fourth-order valence-corrected chi connectivity index (χ4v) is 22.5. The second-order valence-electron chi connectivity index (χ2n) is 45.9. The van der Waals surface area contributed by atoms with E-state index in [2.05, 4.69) is 353 Å². The predicted molar refractivity (Wildman–Crippen MR) is 591 cm³/mol. The zero-order chi connectivity index (χ0) is 107. The van der Waals surface area contributed by atoms with Gasteiger partial charge in [0.1, 0.15) is 0 Å². The molecule has 8 heterocycles. The molecule has 0 unspecified atom stereocenters. The van der Waals surface area contributed by atoms with Crippen molar-refractivity contribution in [1.29, 1.82) is 0 Å². The average Bonchev–Trinajstić information content (AvgIpc) is 1.39. The van der Waals surface area contributed by atoms with Gasteiger partial charge in [-0.15, -0.1) is 0 Å². The van der Waals surface area contributed by atoms with Crippen LogP contribution in [0, 0.1) is 0 Å². The summed E-state index contributed by atoms with van der Waals surface area (Å²) in [6.07, 6.45) is 0. The summed E-state index contributed by atoms with van der Waals surface area (Å²) in [5, 5.41) is 8.94. The molecule has 25 rings (SSSR count). The lowest BCUT2D eigenvalue weighted by molar-refractivity contribution is 0.589. The highest BCUT2D eigenvalue weighted by Crippen LogP contribution is 2.59. The summed E-state index contributed by atoms with van der Waals surface area (Å²) in [4.78, 5) is 5.00. The largest absolute Gasteiger partial charge is 0.310 e. The molecule has 6 aromatic heterocycles. The van der Waals surface area contributed by atoms with Crippen LogP contribution in [0.1, 0.15) is 204 Å². The van der Waals surface area contributed by atoms with E-state index in [0.717, 1.165) is 188 Å². The number of anilines is 6. The van der Waals surface area contributed by atoms with Crippen molar-refractivity contribution >= 4 is 177 Å². The third-order valence-corrected chi connectivity index (χ3v) is 29.7. The molecule has 0 saturated heterocycles. The second-order valence-corrected chi connectivity index (χ2v) is 45.9. The number of aromatic nitrogens is 4. The number of para-hydroxylation sites is 6. The third kappa shape index (κ3) is 12.7. The standard InChI is InChI=1S/C130H117BN6/c1-124(2,3)80-38-34-36-76(60-80)95-68-84(128(13,14)15)69-96(77-37-35-39-81(61-77)125(4,5)6)120(95)136-115-74-87(132-107-46-28-22-40-89(107)99-66-82(126(7,8)9)52-58-113(99)132)54-56-105(115)131-106-57-55-88(133-108-47-29-23-41-90(108)100-67-83(127(10,11)12)53-59-114(100)133)75-116(106)137(118-73-86(130(19,20)21)72-117(136)119(118)131)121-97(78-62-101-91-42-24-30-48-109(91)134-110-49-31-25-43-92(110)102(63-78)122(101)134)70-85(129(16,17)18)71-98(121)79-64-103-93-44-26-32-50-111(93)135-112-51-33-27-45-94(112)104(65-79)123(103)135/h22-75H,1-21H3/i22D,23D,28D,29D,40D,41D,46D,47D,52D,53D,58D,59D,66D,67D. The minimum Gasteiger partial charge on any atom is -0.310 e. The highest BCUT2D eigenvalue weighted by molar-refractivity contribution is 7.00. The minimum absolute atomic E-state index is 0.0350. The monoisotopic (exact) mass is 1790 g/mol. The highest BCUT2D eigenvalue weighted by Gasteiger charge is 2.48. The molecule has 0 atom stereocenters. The van der Waals surface area contributed by atoms with E-state index in [0.29, 0.717) is 22.7 Å². The topological polar surface area (TPSA) is 25.2 Å². The lowest BCUT2D eigenvalue weighted by atomic mass is 9.33. The molecule has 2 aliphatic heterocycles. The zero-order valence-corrected chi connectivity index (χ0v) is 81.9. The van der Waals surface area contributed by atoms with E-state index in [9.17, 15) is 19.2 Å². The first-order valence-corrected chi connectivity index (χ1v) is 48.3. The Morgan fingerprint density at radius 2 is 0.540 bits per heavy atom. The Hall–Kier alpha value is -14.4. The van der Waals surface area contributed by atoms with Gasteiger partial charge in [-0.2, -0.15) is 0 Å². The number of benzene rings is 17. The van der Waals surface area contributed by atoms with Crippen LogP contribution in [0.25, 0.3) is 176 Å². The molecule has 0 amide bonds. The highest BCUT2D eigenvalue weighted by atomic mass is 15.2. The fraction of sp³-hybridized carbons (Fsp3) is 0.215. The normalized spacial score (nSPS) is 15.1. The summed E-state index contributed by atoms with van der Waals surface area (Å²) in [5.41, 5.74) is 23.3.